The van der Waals surface area contributed by atoms with Crippen LogP contribution in [0, 0.1) is 0 Å². The molecule has 4 rings (SSSR count). The molecule has 0 spiro atoms. The second-order valence-electron chi connectivity index (χ2n) is 6.34. The van der Waals surface area contributed by atoms with Crippen LogP contribution in [-0.4, -0.2) is 36.0 Å². The van der Waals surface area contributed by atoms with Gasteiger partial charge in [0.2, 0.25) is 0 Å². The van der Waals surface area contributed by atoms with Gasteiger partial charge in [-0.15, -0.1) is 0 Å². The Labute approximate surface area is 124 Å². The summed E-state index contributed by atoms with van der Waals surface area (Å²) >= 11 is 0. The molecule has 2 atom stereocenters. The molecule has 2 aliphatic heterocycles. The van der Waals surface area contributed by atoms with Crippen molar-refractivity contribution in [2.45, 2.75) is 43.8 Å². The van der Waals surface area contributed by atoms with Crippen LogP contribution in [0.15, 0.2) is 34.9 Å². The fourth-order valence-electron chi connectivity index (χ4n) is 3.96. The zero-order valence-corrected chi connectivity index (χ0v) is 12.2. The summed E-state index contributed by atoms with van der Waals surface area (Å²) in [6, 6.07) is 9.15. The van der Waals surface area contributed by atoms with Gasteiger partial charge in [0.1, 0.15) is 5.58 Å². The summed E-state index contributed by atoms with van der Waals surface area (Å²) in [5.74, 6) is -0.00972. The van der Waals surface area contributed by atoms with E-state index in [0.717, 1.165) is 18.2 Å². The first kappa shape index (κ1) is 12.9. The first-order valence-corrected chi connectivity index (χ1v) is 7.71. The Bertz CT molecular complexity index is 664. The lowest BCUT2D eigenvalue weighted by molar-refractivity contribution is 0.0883. The maximum absolute atomic E-state index is 12.6. The smallest absolute Gasteiger partial charge is 0.255 e. The van der Waals surface area contributed by atoms with E-state index in [1.165, 1.54) is 12.8 Å². The van der Waals surface area contributed by atoms with E-state index >= 15 is 0 Å². The molecule has 2 fully saturated rings. The number of benzene rings is 1. The normalized spacial score (nSPS) is 28.9. The first-order chi connectivity index (χ1) is 10.2. The van der Waals surface area contributed by atoms with Crippen LogP contribution in [0.5, 0.6) is 0 Å². The largest absolute Gasteiger partial charge is 0.464 e. The van der Waals surface area contributed by atoms with Gasteiger partial charge < -0.3 is 14.6 Å². The summed E-state index contributed by atoms with van der Waals surface area (Å²) in [4.78, 5) is 15.0. The second kappa shape index (κ2) is 4.88. The van der Waals surface area contributed by atoms with Crippen LogP contribution in [0.4, 0.5) is 0 Å². The van der Waals surface area contributed by atoms with E-state index < -0.39 is 0 Å². The van der Waals surface area contributed by atoms with Gasteiger partial charge in [-0.2, -0.15) is 0 Å². The Morgan fingerprint density at radius 2 is 2.00 bits per heavy atom. The van der Waals surface area contributed by atoms with Gasteiger partial charge in [0.15, 0.2) is 0 Å². The van der Waals surface area contributed by atoms with Gasteiger partial charge in [-0.25, -0.2) is 0 Å². The molecule has 1 amide bonds. The van der Waals surface area contributed by atoms with E-state index in [2.05, 4.69) is 17.3 Å². The maximum Gasteiger partial charge on any atom is 0.255 e. The average molecular weight is 284 g/mol. The molecule has 1 aromatic heterocycles. The quantitative estimate of drug-likeness (QED) is 0.922. The zero-order chi connectivity index (χ0) is 14.4. The minimum Gasteiger partial charge on any atom is -0.464 e. The highest BCUT2D eigenvalue weighted by Crippen LogP contribution is 2.34. The maximum atomic E-state index is 12.6. The third-order valence-electron chi connectivity index (χ3n) is 5.16. The molecule has 21 heavy (non-hydrogen) atoms. The third kappa shape index (κ3) is 2.14. The van der Waals surface area contributed by atoms with Crippen molar-refractivity contribution in [2.75, 3.05) is 7.05 Å². The number of para-hydroxylation sites is 1. The van der Waals surface area contributed by atoms with E-state index in [1.54, 1.807) is 6.26 Å². The SMILES string of the molecule is CN1C2CCC1CC(NC(=O)c1cccc3ccoc13)C2. The Balaban J connectivity index is 1.53. The van der Waals surface area contributed by atoms with Crippen molar-refractivity contribution < 1.29 is 9.21 Å². The number of furan rings is 1. The van der Waals surface area contributed by atoms with Crippen LogP contribution in [0.1, 0.15) is 36.0 Å². The molecule has 4 nitrogen and oxygen atoms in total. The highest BCUT2D eigenvalue weighted by molar-refractivity contribution is 6.04. The van der Waals surface area contributed by atoms with E-state index in [9.17, 15) is 4.79 Å². The number of hydrogen-bond acceptors (Lipinski definition) is 3. The molecule has 2 aromatic rings. The lowest BCUT2D eigenvalue weighted by Crippen LogP contribution is -2.48. The van der Waals surface area contributed by atoms with Crippen LogP contribution >= 0.6 is 0 Å². The van der Waals surface area contributed by atoms with E-state index in [0.29, 0.717) is 23.2 Å². The van der Waals surface area contributed by atoms with Crippen LogP contribution < -0.4 is 5.32 Å². The molecule has 2 aliphatic rings. The summed E-state index contributed by atoms with van der Waals surface area (Å²) in [5.41, 5.74) is 1.33. The molecular formula is C17H20N2O2. The number of nitrogens with one attached hydrogen (secondary N) is 1. The van der Waals surface area contributed by atoms with Gasteiger partial charge in [0.25, 0.3) is 5.91 Å². The summed E-state index contributed by atoms with van der Waals surface area (Å²) in [6.07, 6.45) is 6.29. The number of carbonyl (C=O) groups is 1. The molecular weight excluding hydrogens is 264 g/mol. The van der Waals surface area contributed by atoms with Crippen molar-refractivity contribution in [1.82, 2.24) is 10.2 Å². The Hall–Kier alpha value is -1.81. The minimum atomic E-state index is -0.00972. The second-order valence-corrected chi connectivity index (χ2v) is 6.34. The van der Waals surface area contributed by atoms with Crippen molar-refractivity contribution in [2.24, 2.45) is 0 Å². The van der Waals surface area contributed by atoms with Crippen LogP contribution in [0.2, 0.25) is 0 Å². The molecule has 4 heteroatoms. The number of carbonyl (C=O) groups excluding carboxylic acids is 1. The van der Waals surface area contributed by atoms with Gasteiger partial charge >= 0.3 is 0 Å². The Kier molecular flexibility index (Phi) is 3.00. The van der Waals surface area contributed by atoms with E-state index in [4.69, 9.17) is 4.42 Å². The first-order valence-electron chi connectivity index (χ1n) is 7.71. The lowest BCUT2D eigenvalue weighted by atomic mass is 9.97. The molecule has 2 bridgehead atoms. The van der Waals surface area contributed by atoms with E-state index in [1.807, 2.05) is 24.3 Å². The monoisotopic (exact) mass is 284 g/mol. The van der Waals surface area contributed by atoms with Gasteiger partial charge in [-0.05, 0) is 44.9 Å². The summed E-state index contributed by atoms with van der Waals surface area (Å²) in [7, 11) is 2.21. The van der Waals surface area contributed by atoms with E-state index in [-0.39, 0.29) is 11.9 Å². The van der Waals surface area contributed by atoms with Crippen molar-refractivity contribution in [3.8, 4) is 0 Å². The van der Waals surface area contributed by atoms with Gasteiger partial charge in [-0.3, -0.25) is 4.79 Å². The fourth-order valence-corrected chi connectivity index (χ4v) is 3.96. The molecule has 0 aliphatic carbocycles. The molecule has 110 valence electrons. The summed E-state index contributed by atoms with van der Waals surface area (Å²) in [6.45, 7) is 0. The standard InChI is InChI=1S/C17H20N2O2/c1-19-13-5-6-14(19)10-12(9-13)18-17(20)15-4-2-3-11-7-8-21-16(11)15/h2-4,7-8,12-14H,5-6,9-10H2,1H3,(H,18,20). The Morgan fingerprint density at radius 1 is 1.24 bits per heavy atom. The Morgan fingerprint density at radius 3 is 2.76 bits per heavy atom. The minimum absolute atomic E-state index is 0.00972. The molecule has 0 saturated carbocycles. The molecule has 3 heterocycles. The number of piperidine rings is 1. The predicted molar refractivity (Wildman–Crippen MR) is 81.3 cm³/mol. The molecule has 2 saturated heterocycles. The number of rotatable bonds is 2. The molecule has 2 unspecified atom stereocenters. The topological polar surface area (TPSA) is 45.5 Å². The van der Waals surface area contributed by atoms with Crippen LogP contribution in [0.25, 0.3) is 11.0 Å². The summed E-state index contributed by atoms with van der Waals surface area (Å²) in [5, 5.41) is 4.19. The fraction of sp³-hybridized carbons (Fsp3) is 0.471. The number of amides is 1. The highest BCUT2D eigenvalue weighted by Gasteiger charge is 2.38. The highest BCUT2D eigenvalue weighted by atomic mass is 16.3. The van der Waals surface area contributed by atoms with Crippen molar-refractivity contribution >= 4 is 16.9 Å². The number of nitrogens with zero attached hydrogens (tertiary/aromatic N) is 1. The molecule has 1 N–H and O–H groups in total. The number of fused-ring (bicyclic) bond motifs is 3. The predicted octanol–water partition coefficient (Wildman–Crippen LogP) is 2.79. The summed E-state index contributed by atoms with van der Waals surface area (Å²) < 4.78 is 5.46. The number of hydrogen-bond donors (Lipinski definition) is 1. The van der Waals surface area contributed by atoms with Gasteiger partial charge in [-0.1, -0.05) is 12.1 Å². The zero-order valence-electron chi connectivity index (χ0n) is 12.2. The average Bonchev–Trinajstić information content (AvgIpc) is 3.01. The van der Waals surface area contributed by atoms with Crippen molar-refractivity contribution in [3.63, 3.8) is 0 Å². The molecule has 1 aromatic carbocycles. The molecule has 0 radical (unpaired) electrons. The lowest BCUT2D eigenvalue weighted by Gasteiger charge is -2.36. The van der Waals surface area contributed by atoms with Gasteiger partial charge in [0.05, 0.1) is 11.8 Å². The third-order valence-corrected chi connectivity index (χ3v) is 5.16. The van der Waals surface area contributed by atoms with Crippen LogP contribution in [-0.2, 0) is 0 Å². The van der Waals surface area contributed by atoms with Gasteiger partial charge in [0, 0.05) is 23.5 Å². The van der Waals surface area contributed by atoms with Crippen molar-refractivity contribution in [1.29, 1.82) is 0 Å². The van der Waals surface area contributed by atoms with Crippen molar-refractivity contribution in [3.05, 3.63) is 36.1 Å². The van der Waals surface area contributed by atoms with Crippen LogP contribution in [0.3, 0.4) is 0 Å².